The van der Waals surface area contributed by atoms with E-state index in [1.165, 1.54) is 44.9 Å². The van der Waals surface area contributed by atoms with Crippen LogP contribution in [0.2, 0.25) is 0 Å². The largest absolute Gasteiger partial charge is 0.355 e. The summed E-state index contributed by atoms with van der Waals surface area (Å²) in [6.45, 7) is 11.3. The van der Waals surface area contributed by atoms with Gasteiger partial charge in [-0.05, 0) is 25.9 Å². The Morgan fingerprint density at radius 1 is 0.857 bits per heavy atom. The highest BCUT2D eigenvalue weighted by molar-refractivity contribution is 5.81. The zero-order valence-corrected chi connectivity index (χ0v) is 14.9. The molecule has 0 saturated heterocycles. The van der Waals surface area contributed by atoms with Gasteiger partial charge in [-0.2, -0.15) is 0 Å². The molecule has 0 aliphatic carbocycles. The van der Waals surface area contributed by atoms with Crippen molar-refractivity contribution in [1.82, 2.24) is 10.2 Å². The molecule has 0 aromatic rings. The lowest BCUT2D eigenvalue weighted by atomic mass is 10.1. The third kappa shape index (κ3) is 9.89. The number of amides is 1. The van der Waals surface area contributed by atoms with Crippen molar-refractivity contribution in [3.05, 3.63) is 0 Å². The van der Waals surface area contributed by atoms with Crippen LogP contribution in [0.1, 0.15) is 85.5 Å². The summed E-state index contributed by atoms with van der Waals surface area (Å²) in [5.74, 6) is 0.212. The van der Waals surface area contributed by atoms with Gasteiger partial charge < -0.3 is 5.32 Å². The van der Waals surface area contributed by atoms with E-state index >= 15 is 0 Å². The quantitative estimate of drug-likeness (QED) is 0.483. The second-order valence-corrected chi connectivity index (χ2v) is 5.91. The van der Waals surface area contributed by atoms with Crippen molar-refractivity contribution in [2.24, 2.45) is 0 Å². The molecule has 0 heterocycles. The smallest absolute Gasteiger partial charge is 0.237 e. The molecule has 1 atom stereocenters. The molecular formula is C18H38N2O. The Morgan fingerprint density at radius 2 is 1.38 bits per heavy atom. The van der Waals surface area contributed by atoms with Crippen molar-refractivity contribution < 1.29 is 4.79 Å². The molecule has 3 heteroatoms. The van der Waals surface area contributed by atoms with Gasteiger partial charge in [-0.1, -0.05) is 72.6 Å². The predicted molar refractivity (Wildman–Crippen MR) is 92.6 cm³/mol. The molecule has 3 nitrogen and oxygen atoms in total. The number of carbonyl (C=O) groups is 1. The molecule has 0 saturated carbocycles. The number of hydrogen-bond donors (Lipinski definition) is 1. The Kier molecular flexibility index (Phi) is 14.0. The highest BCUT2D eigenvalue weighted by Crippen LogP contribution is 2.08. The number of rotatable bonds is 14. The Morgan fingerprint density at radius 3 is 1.86 bits per heavy atom. The first-order valence-corrected chi connectivity index (χ1v) is 9.22. The van der Waals surface area contributed by atoms with E-state index in [-0.39, 0.29) is 11.9 Å². The summed E-state index contributed by atoms with van der Waals surface area (Å²) in [5, 5.41) is 3.11. The molecule has 0 spiro atoms. The number of likely N-dealkylation sites (N-methyl/N-ethyl adjacent to an activating group) is 1. The van der Waals surface area contributed by atoms with Crippen LogP contribution in [0.25, 0.3) is 0 Å². The first-order valence-electron chi connectivity index (χ1n) is 9.22. The third-order valence-electron chi connectivity index (χ3n) is 4.27. The molecule has 0 aliphatic rings. The average molecular weight is 299 g/mol. The number of unbranched alkanes of at least 4 members (excludes halogenated alkanes) is 7. The summed E-state index contributed by atoms with van der Waals surface area (Å²) in [4.78, 5) is 14.4. The lowest BCUT2D eigenvalue weighted by Gasteiger charge is -2.27. The molecule has 1 unspecified atom stereocenters. The summed E-state index contributed by atoms with van der Waals surface area (Å²) in [7, 11) is 0. The first-order chi connectivity index (χ1) is 10.2. The van der Waals surface area contributed by atoms with E-state index in [4.69, 9.17) is 0 Å². The first kappa shape index (κ1) is 20.4. The number of carbonyl (C=O) groups excluding carboxylic acids is 1. The SMILES string of the molecule is CCCCCCCCCCNC(=O)C(CC)N(CC)CC. The maximum absolute atomic E-state index is 12.2. The van der Waals surface area contributed by atoms with Crippen LogP contribution in [-0.2, 0) is 4.79 Å². The van der Waals surface area contributed by atoms with Crippen LogP contribution < -0.4 is 5.32 Å². The second kappa shape index (κ2) is 14.4. The van der Waals surface area contributed by atoms with E-state index in [0.29, 0.717) is 0 Å². The van der Waals surface area contributed by atoms with E-state index in [1.54, 1.807) is 0 Å². The van der Waals surface area contributed by atoms with Crippen LogP contribution in [0.5, 0.6) is 0 Å². The van der Waals surface area contributed by atoms with Crippen molar-refractivity contribution >= 4 is 5.91 Å². The summed E-state index contributed by atoms with van der Waals surface area (Å²) >= 11 is 0. The zero-order chi connectivity index (χ0) is 15.9. The predicted octanol–water partition coefficient (Wildman–Crippen LogP) is 4.36. The fourth-order valence-corrected chi connectivity index (χ4v) is 2.86. The van der Waals surface area contributed by atoms with Crippen LogP contribution in [0.3, 0.4) is 0 Å². The number of nitrogens with one attached hydrogen (secondary N) is 1. The minimum absolute atomic E-state index is 0.0500. The van der Waals surface area contributed by atoms with Crippen molar-refractivity contribution in [2.45, 2.75) is 91.5 Å². The monoisotopic (exact) mass is 298 g/mol. The lowest BCUT2D eigenvalue weighted by Crippen LogP contribution is -2.46. The summed E-state index contributed by atoms with van der Waals surface area (Å²) in [6.07, 6.45) is 11.4. The maximum Gasteiger partial charge on any atom is 0.237 e. The van der Waals surface area contributed by atoms with E-state index in [2.05, 4.69) is 37.9 Å². The van der Waals surface area contributed by atoms with Gasteiger partial charge in [0.15, 0.2) is 0 Å². The second-order valence-electron chi connectivity index (χ2n) is 5.91. The van der Waals surface area contributed by atoms with Crippen LogP contribution in [-0.4, -0.2) is 36.5 Å². The Hall–Kier alpha value is -0.570. The Bertz CT molecular complexity index is 239. The molecule has 0 rings (SSSR count). The zero-order valence-electron chi connectivity index (χ0n) is 14.9. The van der Waals surface area contributed by atoms with Gasteiger partial charge in [0.25, 0.3) is 0 Å². The van der Waals surface area contributed by atoms with Gasteiger partial charge in [0, 0.05) is 6.54 Å². The van der Waals surface area contributed by atoms with Gasteiger partial charge in [-0.3, -0.25) is 9.69 Å². The normalized spacial score (nSPS) is 12.6. The number of hydrogen-bond acceptors (Lipinski definition) is 2. The molecule has 126 valence electrons. The van der Waals surface area contributed by atoms with Gasteiger partial charge in [0.1, 0.15) is 0 Å². The molecule has 21 heavy (non-hydrogen) atoms. The Labute approximate surface area is 132 Å². The highest BCUT2D eigenvalue weighted by Gasteiger charge is 2.21. The van der Waals surface area contributed by atoms with E-state index < -0.39 is 0 Å². The fourth-order valence-electron chi connectivity index (χ4n) is 2.86. The van der Waals surface area contributed by atoms with Crippen molar-refractivity contribution in [3.63, 3.8) is 0 Å². The summed E-state index contributed by atoms with van der Waals surface area (Å²) in [6, 6.07) is 0.0500. The van der Waals surface area contributed by atoms with Gasteiger partial charge in [0.2, 0.25) is 5.91 Å². The van der Waals surface area contributed by atoms with E-state index in [1.807, 2.05) is 0 Å². The molecular weight excluding hydrogens is 260 g/mol. The molecule has 0 bridgehead atoms. The van der Waals surface area contributed by atoms with Crippen molar-refractivity contribution in [1.29, 1.82) is 0 Å². The number of nitrogens with zero attached hydrogens (tertiary/aromatic N) is 1. The fraction of sp³-hybridized carbons (Fsp3) is 0.944. The molecule has 1 N–H and O–H groups in total. The van der Waals surface area contributed by atoms with Crippen molar-refractivity contribution in [3.8, 4) is 0 Å². The topological polar surface area (TPSA) is 32.3 Å². The van der Waals surface area contributed by atoms with E-state index in [9.17, 15) is 4.79 Å². The molecule has 0 aromatic heterocycles. The van der Waals surface area contributed by atoms with Gasteiger partial charge >= 0.3 is 0 Å². The minimum atomic E-state index is 0.0500. The van der Waals surface area contributed by atoms with Crippen LogP contribution in [0, 0.1) is 0 Å². The molecule has 0 radical (unpaired) electrons. The van der Waals surface area contributed by atoms with Crippen LogP contribution in [0.4, 0.5) is 0 Å². The third-order valence-corrected chi connectivity index (χ3v) is 4.27. The highest BCUT2D eigenvalue weighted by atomic mass is 16.2. The van der Waals surface area contributed by atoms with Crippen LogP contribution >= 0.6 is 0 Å². The molecule has 0 aliphatic heterocycles. The van der Waals surface area contributed by atoms with Gasteiger partial charge in [0.05, 0.1) is 6.04 Å². The lowest BCUT2D eigenvalue weighted by molar-refractivity contribution is -0.126. The maximum atomic E-state index is 12.2. The minimum Gasteiger partial charge on any atom is -0.355 e. The van der Waals surface area contributed by atoms with Crippen molar-refractivity contribution in [2.75, 3.05) is 19.6 Å². The van der Waals surface area contributed by atoms with Gasteiger partial charge in [-0.25, -0.2) is 0 Å². The summed E-state index contributed by atoms with van der Waals surface area (Å²) in [5.41, 5.74) is 0. The summed E-state index contributed by atoms with van der Waals surface area (Å²) < 4.78 is 0. The molecule has 0 fully saturated rings. The molecule has 1 amide bonds. The standard InChI is InChI=1S/C18H38N2O/c1-5-9-10-11-12-13-14-15-16-19-18(21)17(6-2)20(7-3)8-4/h17H,5-16H2,1-4H3,(H,19,21). The van der Waals surface area contributed by atoms with Gasteiger partial charge in [-0.15, -0.1) is 0 Å². The Balaban J connectivity index is 3.64. The van der Waals surface area contributed by atoms with Crippen LogP contribution in [0.15, 0.2) is 0 Å². The average Bonchev–Trinajstić information content (AvgIpc) is 2.50. The molecule has 0 aromatic carbocycles. The van der Waals surface area contributed by atoms with E-state index in [0.717, 1.165) is 32.5 Å².